The standard InChI is InChI=1S/C17H19NO5S/c1-12-4-7-15(8-5-12)24(21,22)18(2)11-14-10-13(17(19)20)6-9-16(14)23-3/h4-10H,11H2,1-3H3,(H,19,20). The van der Waals surface area contributed by atoms with Gasteiger partial charge in [-0.2, -0.15) is 4.31 Å². The second-order valence-electron chi connectivity index (χ2n) is 5.41. The van der Waals surface area contributed by atoms with Crippen molar-refractivity contribution in [2.45, 2.75) is 18.4 Å². The zero-order valence-electron chi connectivity index (χ0n) is 13.7. The number of hydrogen-bond acceptors (Lipinski definition) is 4. The highest BCUT2D eigenvalue weighted by molar-refractivity contribution is 7.89. The lowest BCUT2D eigenvalue weighted by atomic mass is 10.1. The number of rotatable bonds is 6. The van der Waals surface area contributed by atoms with Crippen molar-refractivity contribution < 1.29 is 23.1 Å². The van der Waals surface area contributed by atoms with E-state index in [0.29, 0.717) is 11.3 Å². The Morgan fingerprint density at radius 2 is 1.79 bits per heavy atom. The van der Waals surface area contributed by atoms with Crippen LogP contribution >= 0.6 is 0 Å². The van der Waals surface area contributed by atoms with E-state index in [9.17, 15) is 13.2 Å². The van der Waals surface area contributed by atoms with E-state index < -0.39 is 16.0 Å². The third-order valence-electron chi connectivity index (χ3n) is 3.65. The molecule has 0 amide bonds. The summed E-state index contributed by atoms with van der Waals surface area (Å²) in [4.78, 5) is 11.3. The number of aromatic carboxylic acids is 1. The molecule has 0 atom stereocenters. The SMILES string of the molecule is COc1ccc(C(=O)O)cc1CN(C)S(=O)(=O)c1ccc(C)cc1. The summed E-state index contributed by atoms with van der Waals surface area (Å²) in [5, 5.41) is 9.10. The number of aryl methyl sites for hydroxylation is 1. The minimum atomic E-state index is -3.68. The van der Waals surface area contributed by atoms with Gasteiger partial charge in [-0.15, -0.1) is 0 Å². The quantitative estimate of drug-likeness (QED) is 0.866. The number of nitrogens with zero attached hydrogens (tertiary/aromatic N) is 1. The number of hydrogen-bond donors (Lipinski definition) is 1. The summed E-state index contributed by atoms with van der Waals surface area (Å²) in [7, 11) is -0.783. The van der Waals surface area contributed by atoms with E-state index >= 15 is 0 Å². The lowest BCUT2D eigenvalue weighted by Crippen LogP contribution is -2.26. The summed E-state index contributed by atoms with van der Waals surface area (Å²) in [5.41, 5.74) is 1.52. The van der Waals surface area contributed by atoms with Gasteiger partial charge in [-0.25, -0.2) is 13.2 Å². The van der Waals surface area contributed by atoms with Gasteiger partial charge in [-0.1, -0.05) is 17.7 Å². The van der Waals surface area contributed by atoms with Gasteiger partial charge in [0.05, 0.1) is 17.6 Å². The summed E-state index contributed by atoms with van der Waals surface area (Å²) >= 11 is 0. The average Bonchev–Trinajstić information content (AvgIpc) is 2.55. The second-order valence-corrected chi connectivity index (χ2v) is 7.45. The molecule has 24 heavy (non-hydrogen) atoms. The topological polar surface area (TPSA) is 83.9 Å². The van der Waals surface area contributed by atoms with Crippen molar-refractivity contribution in [2.75, 3.05) is 14.2 Å². The zero-order chi connectivity index (χ0) is 17.9. The Balaban J connectivity index is 2.34. The van der Waals surface area contributed by atoms with Gasteiger partial charge in [0.25, 0.3) is 0 Å². The van der Waals surface area contributed by atoms with Gasteiger partial charge in [-0.05, 0) is 37.3 Å². The van der Waals surface area contributed by atoms with Gasteiger partial charge in [0.1, 0.15) is 5.75 Å². The van der Waals surface area contributed by atoms with E-state index in [1.807, 2.05) is 6.92 Å². The molecule has 0 unspecified atom stereocenters. The van der Waals surface area contributed by atoms with Crippen molar-refractivity contribution in [1.29, 1.82) is 0 Å². The van der Waals surface area contributed by atoms with E-state index in [-0.39, 0.29) is 17.0 Å². The van der Waals surface area contributed by atoms with Gasteiger partial charge in [0.2, 0.25) is 10.0 Å². The van der Waals surface area contributed by atoms with Crippen LogP contribution in [0.4, 0.5) is 0 Å². The molecule has 0 saturated heterocycles. The zero-order valence-corrected chi connectivity index (χ0v) is 14.5. The monoisotopic (exact) mass is 349 g/mol. The molecule has 2 aromatic rings. The Bertz CT molecular complexity index is 844. The third kappa shape index (κ3) is 3.74. The van der Waals surface area contributed by atoms with Gasteiger partial charge in [0.15, 0.2) is 0 Å². The summed E-state index contributed by atoms with van der Waals surface area (Å²) in [6.07, 6.45) is 0. The van der Waals surface area contributed by atoms with Gasteiger partial charge in [0, 0.05) is 19.2 Å². The Morgan fingerprint density at radius 1 is 1.17 bits per heavy atom. The van der Waals surface area contributed by atoms with Crippen molar-refractivity contribution in [3.63, 3.8) is 0 Å². The molecule has 0 radical (unpaired) electrons. The summed E-state index contributed by atoms with van der Waals surface area (Å²) in [5.74, 6) is -0.645. The van der Waals surface area contributed by atoms with Gasteiger partial charge >= 0.3 is 5.97 Å². The van der Waals surface area contributed by atoms with Crippen molar-refractivity contribution in [3.05, 3.63) is 59.2 Å². The van der Waals surface area contributed by atoms with E-state index in [1.165, 1.54) is 36.7 Å². The summed E-state index contributed by atoms with van der Waals surface area (Å²) in [6, 6.07) is 10.9. The number of benzene rings is 2. The van der Waals surface area contributed by atoms with Crippen LogP contribution in [-0.2, 0) is 16.6 Å². The Hall–Kier alpha value is -2.38. The van der Waals surface area contributed by atoms with Crippen molar-refractivity contribution in [3.8, 4) is 5.75 Å². The van der Waals surface area contributed by atoms with Crippen LogP contribution < -0.4 is 4.74 Å². The van der Waals surface area contributed by atoms with Crippen LogP contribution in [-0.4, -0.2) is 38.0 Å². The Kier molecular flexibility index (Phi) is 5.26. The highest BCUT2D eigenvalue weighted by Crippen LogP contribution is 2.24. The maximum atomic E-state index is 12.6. The summed E-state index contributed by atoms with van der Waals surface area (Å²) in [6.45, 7) is 1.88. The highest BCUT2D eigenvalue weighted by atomic mass is 32.2. The van der Waals surface area contributed by atoms with E-state index in [0.717, 1.165) is 5.56 Å². The number of carboxylic acid groups (broad SMARTS) is 1. The molecule has 7 heteroatoms. The third-order valence-corrected chi connectivity index (χ3v) is 5.47. The first kappa shape index (κ1) is 18.0. The fourth-order valence-corrected chi connectivity index (χ4v) is 3.40. The van der Waals surface area contributed by atoms with Crippen molar-refractivity contribution in [2.24, 2.45) is 0 Å². The van der Waals surface area contributed by atoms with Crippen LogP contribution in [0.15, 0.2) is 47.4 Å². The molecule has 2 aromatic carbocycles. The molecular formula is C17H19NO5S. The Morgan fingerprint density at radius 3 is 2.33 bits per heavy atom. The largest absolute Gasteiger partial charge is 0.496 e. The van der Waals surface area contributed by atoms with Crippen LogP contribution in [0, 0.1) is 6.92 Å². The molecule has 128 valence electrons. The Labute approximate surface area is 141 Å². The molecular weight excluding hydrogens is 330 g/mol. The number of carboxylic acids is 1. The molecule has 6 nitrogen and oxygen atoms in total. The smallest absolute Gasteiger partial charge is 0.335 e. The van der Waals surface area contributed by atoms with Crippen LogP contribution in [0.1, 0.15) is 21.5 Å². The first-order valence-corrected chi connectivity index (χ1v) is 8.63. The first-order valence-electron chi connectivity index (χ1n) is 7.19. The molecule has 0 fully saturated rings. The minimum absolute atomic E-state index is 0.000499. The van der Waals surface area contributed by atoms with E-state index in [2.05, 4.69) is 0 Å². The van der Waals surface area contributed by atoms with E-state index in [4.69, 9.17) is 9.84 Å². The van der Waals surface area contributed by atoms with Crippen molar-refractivity contribution in [1.82, 2.24) is 4.31 Å². The molecule has 0 bridgehead atoms. The highest BCUT2D eigenvalue weighted by Gasteiger charge is 2.22. The normalized spacial score (nSPS) is 11.5. The molecule has 0 aliphatic rings. The maximum absolute atomic E-state index is 12.6. The maximum Gasteiger partial charge on any atom is 0.335 e. The molecule has 0 spiro atoms. The molecule has 0 saturated carbocycles. The number of methoxy groups -OCH3 is 1. The predicted molar refractivity (Wildman–Crippen MR) is 89.8 cm³/mol. The number of sulfonamides is 1. The fraction of sp³-hybridized carbons (Fsp3) is 0.235. The van der Waals surface area contributed by atoms with Crippen LogP contribution in [0.5, 0.6) is 5.75 Å². The van der Waals surface area contributed by atoms with Crippen LogP contribution in [0.2, 0.25) is 0 Å². The number of carbonyl (C=O) groups is 1. The van der Waals surface area contributed by atoms with Gasteiger partial charge in [-0.3, -0.25) is 0 Å². The molecule has 0 aliphatic heterocycles. The van der Waals surface area contributed by atoms with Crippen molar-refractivity contribution >= 4 is 16.0 Å². The predicted octanol–water partition coefficient (Wildman–Crippen LogP) is 2.52. The lowest BCUT2D eigenvalue weighted by molar-refractivity contribution is 0.0696. The molecule has 0 aromatic heterocycles. The molecule has 0 heterocycles. The lowest BCUT2D eigenvalue weighted by Gasteiger charge is -2.19. The van der Waals surface area contributed by atoms with Crippen LogP contribution in [0.25, 0.3) is 0 Å². The first-order chi connectivity index (χ1) is 11.3. The van der Waals surface area contributed by atoms with E-state index in [1.54, 1.807) is 24.3 Å². The summed E-state index contributed by atoms with van der Waals surface area (Å²) < 4.78 is 31.6. The number of ether oxygens (including phenoxy) is 1. The molecule has 2 rings (SSSR count). The van der Waals surface area contributed by atoms with Gasteiger partial charge < -0.3 is 9.84 Å². The molecule has 0 aliphatic carbocycles. The molecule has 1 N–H and O–H groups in total. The second kappa shape index (κ2) is 7.02. The fourth-order valence-electron chi connectivity index (χ4n) is 2.25. The van der Waals surface area contributed by atoms with Crippen LogP contribution in [0.3, 0.4) is 0 Å². The average molecular weight is 349 g/mol. The minimum Gasteiger partial charge on any atom is -0.496 e.